The molecule has 0 aliphatic carbocycles. The van der Waals surface area contributed by atoms with Crippen LogP contribution in [-0.2, 0) is 4.79 Å². The number of amidine groups is 1. The van der Waals surface area contributed by atoms with Crippen LogP contribution < -0.4 is 10.3 Å². The molecule has 10 nitrogen and oxygen atoms in total. The normalized spacial score (nSPS) is 17.4. The van der Waals surface area contributed by atoms with Crippen molar-refractivity contribution in [2.24, 2.45) is 21.0 Å². The van der Waals surface area contributed by atoms with Crippen LogP contribution in [0, 0.1) is 18.7 Å². The molecule has 0 fully saturated rings. The number of hydrazone groups is 1. The molecule has 0 saturated heterocycles. The number of nitrogens with zero attached hydrogens (tertiary/aromatic N) is 6. The van der Waals surface area contributed by atoms with Crippen LogP contribution in [0.25, 0.3) is 0 Å². The lowest BCUT2D eigenvalue weighted by atomic mass is 10.1. The molecule has 2 aromatic heterocycles. The number of rotatable bonds is 3. The molecular formula is C20H14FN7O3. The summed E-state index contributed by atoms with van der Waals surface area (Å²) in [6, 6.07) is 10.4. The minimum Gasteiger partial charge on any atom is -0.459 e. The zero-order chi connectivity index (χ0) is 21.5. The van der Waals surface area contributed by atoms with E-state index in [2.05, 4.69) is 25.5 Å². The van der Waals surface area contributed by atoms with Crippen molar-refractivity contribution in [2.45, 2.75) is 6.92 Å². The lowest BCUT2D eigenvalue weighted by Crippen LogP contribution is -2.36. The van der Waals surface area contributed by atoms with Gasteiger partial charge >= 0.3 is 0 Å². The first-order valence-corrected chi connectivity index (χ1v) is 9.22. The summed E-state index contributed by atoms with van der Waals surface area (Å²) in [6.45, 7) is 1.73. The van der Waals surface area contributed by atoms with Crippen LogP contribution in [0.4, 0.5) is 15.9 Å². The predicted octanol–water partition coefficient (Wildman–Crippen LogP) is 2.44. The summed E-state index contributed by atoms with van der Waals surface area (Å²) in [5.41, 5.74) is 1.11. The number of carbonyl (C=O) groups excluding carboxylic acids is 2. The molecule has 0 saturated carbocycles. The fourth-order valence-corrected chi connectivity index (χ4v) is 3.18. The van der Waals surface area contributed by atoms with E-state index in [1.54, 1.807) is 19.1 Å². The molecule has 1 unspecified atom stereocenters. The molecule has 1 atom stereocenters. The third kappa shape index (κ3) is 3.31. The third-order valence-corrected chi connectivity index (χ3v) is 4.60. The highest BCUT2D eigenvalue weighted by atomic mass is 19.1. The summed E-state index contributed by atoms with van der Waals surface area (Å²) in [7, 11) is 0. The largest absolute Gasteiger partial charge is 0.459 e. The van der Waals surface area contributed by atoms with E-state index in [9.17, 15) is 14.0 Å². The molecule has 0 bridgehead atoms. The van der Waals surface area contributed by atoms with Crippen molar-refractivity contribution in [1.82, 2.24) is 9.78 Å². The van der Waals surface area contributed by atoms with Crippen LogP contribution >= 0.6 is 0 Å². The van der Waals surface area contributed by atoms with E-state index in [-0.39, 0.29) is 17.5 Å². The molecule has 4 heterocycles. The van der Waals surface area contributed by atoms with Gasteiger partial charge in [0.2, 0.25) is 0 Å². The van der Waals surface area contributed by atoms with E-state index >= 15 is 0 Å². The number of fused-ring (bicyclic) bond motifs is 1. The summed E-state index contributed by atoms with van der Waals surface area (Å²) in [6.07, 6.45) is 2.82. The van der Waals surface area contributed by atoms with Crippen molar-refractivity contribution in [2.75, 3.05) is 10.3 Å². The quantitative estimate of drug-likeness (QED) is 0.700. The fourth-order valence-electron chi connectivity index (χ4n) is 3.18. The van der Waals surface area contributed by atoms with Gasteiger partial charge < -0.3 is 9.73 Å². The number of aliphatic imine (C=N–C) groups is 2. The third-order valence-electron chi connectivity index (χ3n) is 4.60. The molecule has 2 aliphatic heterocycles. The molecule has 2 aliphatic rings. The van der Waals surface area contributed by atoms with Gasteiger partial charge in [0, 0.05) is 12.3 Å². The van der Waals surface area contributed by atoms with Crippen molar-refractivity contribution in [3.8, 4) is 0 Å². The topological polar surface area (TPSA) is 117 Å². The van der Waals surface area contributed by atoms with E-state index in [0.717, 1.165) is 0 Å². The molecule has 31 heavy (non-hydrogen) atoms. The Morgan fingerprint density at radius 1 is 1.19 bits per heavy atom. The highest BCUT2D eigenvalue weighted by Crippen LogP contribution is 2.26. The van der Waals surface area contributed by atoms with E-state index < -0.39 is 23.5 Å². The van der Waals surface area contributed by atoms with Gasteiger partial charge in [-0.05, 0) is 43.3 Å². The predicted molar refractivity (Wildman–Crippen MR) is 110 cm³/mol. The Hall–Kier alpha value is -4.41. The monoisotopic (exact) mass is 419 g/mol. The number of furan rings is 1. The Morgan fingerprint density at radius 2 is 2.00 bits per heavy atom. The van der Waals surface area contributed by atoms with Crippen LogP contribution in [0.3, 0.4) is 0 Å². The molecule has 3 aromatic rings. The van der Waals surface area contributed by atoms with Crippen LogP contribution in [-0.4, -0.2) is 39.6 Å². The number of hydrogen-bond acceptors (Lipinski definition) is 7. The standard InChI is InChI=1S/C20H14FN7O3/c1-11-9-16(23-19(30)15-3-2-8-31-15)28(26-11)20-24-17-14(18(29)25-20)10-22-27(17)13-6-4-12(21)5-7-13/h2-10,14H,1H3,(H,23,30). The smallest absolute Gasteiger partial charge is 0.292 e. The maximum Gasteiger partial charge on any atom is 0.292 e. The second-order valence-electron chi connectivity index (χ2n) is 6.76. The minimum atomic E-state index is -0.758. The van der Waals surface area contributed by atoms with Crippen molar-refractivity contribution in [3.63, 3.8) is 0 Å². The summed E-state index contributed by atoms with van der Waals surface area (Å²) in [4.78, 5) is 33.5. The maximum absolute atomic E-state index is 13.3. The number of anilines is 2. The molecule has 5 rings (SSSR count). The molecule has 2 amide bonds. The number of nitrogens with one attached hydrogen (secondary N) is 1. The van der Waals surface area contributed by atoms with Crippen LogP contribution in [0.5, 0.6) is 0 Å². The first kappa shape index (κ1) is 18.6. The van der Waals surface area contributed by atoms with Gasteiger partial charge in [-0.1, -0.05) is 0 Å². The number of aryl methyl sites for hydroxylation is 1. The Bertz CT molecular complexity index is 1270. The molecular weight excluding hydrogens is 405 g/mol. The van der Waals surface area contributed by atoms with Gasteiger partial charge in [0.15, 0.2) is 11.6 Å². The van der Waals surface area contributed by atoms with Gasteiger partial charge in [-0.15, -0.1) is 0 Å². The molecule has 1 N–H and O–H groups in total. The summed E-state index contributed by atoms with van der Waals surface area (Å²) in [5.74, 6) is -1.47. The molecule has 11 heteroatoms. The SMILES string of the molecule is Cc1cc(NC(=O)c2ccco2)n(C2=NC(=O)C3C=NN(c4ccc(F)cc4)C3=N2)n1. The molecule has 154 valence electrons. The molecule has 1 aromatic carbocycles. The Kier molecular flexibility index (Phi) is 4.28. The maximum atomic E-state index is 13.3. The lowest BCUT2D eigenvalue weighted by molar-refractivity contribution is -0.118. The lowest BCUT2D eigenvalue weighted by Gasteiger charge is -2.20. The first-order valence-electron chi connectivity index (χ1n) is 9.22. The highest BCUT2D eigenvalue weighted by molar-refractivity contribution is 6.29. The average Bonchev–Trinajstić information content (AvgIpc) is 3.48. The van der Waals surface area contributed by atoms with Crippen molar-refractivity contribution in [1.29, 1.82) is 0 Å². The number of amides is 2. The summed E-state index contributed by atoms with van der Waals surface area (Å²) < 4.78 is 19.7. The van der Waals surface area contributed by atoms with E-state index in [1.165, 1.54) is 52.5 Å². The zero-order valence-electron chi connectivity index (χ0n) is 16.1. The van der Waals surface area contributed by atoms with Crippen molar-refractivity contribution < 1.29 is 18.4 Å². The van der Waals surface area contributed by atoms with Gasteiger partial charge in [0.1, 0.15) is 17.6 Å². The van der Waals surface area contributed by atoms with Gasteiger partial charge in [-0.2, -0.15) is 24.9 Å². The van der Waals surface area contributed by atoms with Gasteiger partial charge in [-0.3, -0.25) is 9.59 Å². The minimum absolute atomic E-state index is 0.0308. The number of carbonyl (C=O) groups is 2. The number of halogens is 1. The number of benzene rings is 1. The second-order valence-corrected chi connectivity index (χ2v) is 6.76. The van der Waals surface area contributed by atoms with E-state index in [0.29, 0.717) is 17.2 Å². The Balaban J connectivity index is 1.50. The van der Waals surface area contributed by atoms with Gasteiger partial charge in [-0.25, -0.2) is 9.40 Å². The Morgan fingerprint density at radius 3 is 2.74 bits per heavy atom. The Labute approximate surface area is 174 Å². The molecule has 0 radical (unpaired) electrons. The summed E-state index contributed by atoms with van der Waals surface area (Å²) >= 11 is 0. The van der Waals surface area contributed by atoms with Crippen LogP contribution in [0.2, 0.25) is 0 Å². The molecule has 0 spiro atoms. The fraction of sp³-hybridized carbons (Fsp3) is 0.100. The van der Waals surface area contributed by atoms with Crippen molar-refractivity contribution in [3.05, 3.63) is 66.0 Å². The van der Waals surface area contributed by atoms with E-state index in [4.69, 9.17) is 4.42 Å². The van der Waals surface area contributed by atoms with Crippen LogP contribution in [0.1, 0.15) is 16.2 Å². The van der Waals surface area contributed by atoms with E-state index in [1.807, 2.05) is 0 Å². The number of hydrogen-bond donors (Lipinski definition) is 1. The van der Waals surface area contributed by atoms with Crippen molar-refractivity contribution >= 4 is 41.3 Å². The van der Waals surface area contributed by atoms with Crippen LogP contribution in [0.15, 0.2) is 68.2 Å². The first-order chi connectivity index (χ1) is 15.0. The number of aromatic nitrogens is 2. The second kappa shape index (κ2) is 7.13. The summed E-state index contributed by atoms with van der Waals surface area (Å²) in [5, 5.41) is 12.6. The highest BCUT2D eigenvalue weighted by Gasteiger charge is 2.37. The average molecular weight is 419 g/mol. The van der Waals surface area contributed by atoms with Gasteiger partial charge in [0.25, 0.3) is 17.8 Å². The van der Waals surface area contributed by atoms with Gasteiger partial charge in [0.05, 0.1) is 17.6 Å². The zero-order valence-corrected chi connectivity index (χ0v) is 16.1.